The van der Waals surface area contributed by atoms with Crippen LogP contribution in [0.25, 0.3) is 0 Å². The van der Waals surface area contributed by atoms with E-state index in [-0.39, 0.29) is 27.0 Å². The zero-order chi connectivity index (χ0) is 13.1. The summed E-state index contributed by atoms with van der Waals surface area (Å²) in [4.78, 5) is 0. The van der Waals surface area contributed by atoms with Crippen molar-refractivity contribution in [2.45, 2.75) is 83.2 Å². The van der Waals surface area contributed by atoms with Gasteiger partial charge in [-0.25, -0.2) is 0 Å². The Morgan fingerprint density at radius 2 is 1.71 bits per heavy atom. The molecule has 0 rings (SSSR count). The van der Waals surface area contributed by atoms with Crippen molar-refractivity contribution in [2.24, 2.45) is 0 Å². The van der Waals surface area contributed by atoms with E-state index in [1.54, 1.807) is 3.62 Å². The summed E-state index contributed by atoms with van der Waals surface area (Å²) in [5.41, 5.74) is 1.28. The SMILES string of the molecule is CCCCCC/C([Te]CCCC)=C(/C)[C@@H](C)O. The third-order valence-electron chi connectivity index (χ3n) is 3.10. The molecule has 1 nitrogen and oxygen atoms in total. The first-order chi connectivity index (χ1) is 8.13. The van der Waals surface area contributed by atoms with Gasteiger partial charge >= 0.3 is 118 Å². The monoisotopic (exact) mass is 356 g/mol. The summed E-state index contributed by atoms with van der Waals surface area (Å²) in [5.74, 6) is 0. The maximum atomic E-state index is 9.71. The first kappa shape index (κ1) is 17.5. The molecule has 102 valence electrons. The van der Waals surface area contributed by atoms with Crippen LogP contribution in [-0.4, -0.2) is 32.1 Å². The second-order valence-electron chi connectivity index (χ2n) is 4.79. The van der Waals surface area contributed by atoms with Gasteiger partial charge in [0.05, 0.1) is 0 Å². The molecule has 0 saturated carbocycles. The molecule has 0 aromatic heterocycles. The topological polar surface area (TPSA) is 20.2 Å². The predicted molar refractivity (Wildman–Crippen MR) is 78.6 cm³/mol. The Labute approximate surface area is 118 Å². The van der Waals surface area contributed by atoms with Gasteiger partial charge in [0.1, 0.15) is 0 Å². The van der Waals surface area contributed by atoms with E-state index in [9.17, 15) is 5.11 Å². The van der Waals surface area contributed by atoms with E-state index in [1.807, 2.05) is 6.92 Å². The molecule has 0 unspecified atom stereocenters. The van der Waals surface area contributed by atoms with Crippen molar-refractivity contribution in [1.82, 2.24) is 0 Å². The van der Waals surface area contributed by atoms with Gasteiger partial charge in [-0.05, 0) is 0 Å². The van der Waals surface area contributed by atoms with Crippen molar-refractivity contribution in [3.8, 4) is 0 Å². The Bertz CT molecular complexity index is 209. The predicted octanol–water partition coefficient (Wildman–Crippen LogP) is 4.53. The molecule has 0 heterocycles. The molecule has 0 aromatic carbocycles. The van der Waals surface area contributed by atoms with Crippen LogP contribution in [0.15, 0.2) is 9.19 Å². The fraction of sp³-hybridized carbons (Fsp3) is 0.867. The Morgan fingerprint density at radius 1 is 1.06 bits per heavy atom. The normalized spacial score (nSPS) is 14.6. The quantitative estimate of drug-likeness (QED) is 0.451. The standard InChI is InChI=1S/C15H30OTe/c1-5-7-9-10-11-15(13(3)14(4)16)17-12-8-6-2/h14,16H,5-12H2,1-4H3/b15-13+/t14-/m1/s1. The Hall–Kier alpha value is 0.490. The second kappa shape index (κ2) is 11.6. The molecule has 17 heavy (non-hydrogen) atoms. The van der Waals surface area contributed by atoms with Crippen molar-refractivity contribution < 1.29 is 5.11 Å². The Kier molecular flexibility index (Phi) is 11.9. The molecule has 0 aliphatic carbocycles. The number of rotatable bonds is 10. The van der Waals surface area contributed by atoms with Gasteiger partial charge in [0.25, 0.3) is 0 Å². The van der Waals surface area contributed by atoms with Crippen molar-refractivity contribution in [1.29, 1.82) is 0 Å². The second-order valence-corrected chi connectivity index (χ2v) is 8.19. The van der Waals surface area contributed by atoms with Crippen LogP contribution in [0.2, 0.25) is 4.47 Å². The third kappa shape index (κ3) is 9.11. The molecule has 0 bridgehead atoms. The van der Waals surface area contributed by atoms with Crippen molar-refractivity contribution >= 4 is 20.9 Å². The minimum atomic E-state index is -0.233. The summed E-state index contributed by atoms with van der Waals surface area (Å²) >= 11 is -0.00855. The van der Waals surface area contributed by atoms with Gasteiger partial charge < -0.3 is 0 Å². The van der Waals surface area contributed by atoms with E-state index in [1.165, 1.54) is 55.0 Å². The summed E-state index contributed by atoms with van der Waals surface area (Å²) in [6.45, 7) is 8.57. The van der Waals surface area contributed by atoms with E-state index in [0.29, 0.717) is 0 Å². The molecular weight excluding hydrogens is 324 g/mol. The van der Waals surface area contributed by atoms with Crippen LogP contribution in [0.4, 0.5) is 0 Å². The van der Waals surface area contributed by atoms with Crippen LogP contribution in [0.1, 0.15) is 72.6 Å². The molecular formula is C15H30OTe. The molecule has 1 atom stereocenters. The number of hydrogen-bond donors (Lipinski definition) is 1. The van der Waals surface area contributed by atoms with Crippen LogP contribution in [0.3, 0.4) is 0 Å². The average molecular weight is 354 g/mol. The first-order valence-corrected chi connectivity index (χ1v) is 9.95. The number of unbranched alkanes of at least 4 members (excludes halogenated alkanes) is 4. The maximum absolute atomic E-state index is 9.71. The fourth-order valence-corrected chi connectivity index (χ4v) is 5.57. The van der Waals surface area contributed by atoms with Gasteiger partial charge in [-0.1, -0.05) is 0 Å². The van der Waals surface area contributed by atoms with Crippen LogP contribution in [0, 0.1) is 0 Å². The molecule has 0 aliphatic rings. The van der Waals surface area contributed by atoms with Gasteiger partial charge in [0, 0.05) is 0 Å². The number of allylic oxidation sites excluding steroid dienone is 1. The number of aliphatic hydroxyl groups is 1. The molecule has 0 spiro atoms. The fourth-order valence-electron chi connectivity index (χ4n) is 1.67. The third-order valence-corrected chi connectivity index (χ3v) is 7.00. The zero-order valence-electron chi connectivity index (χ0n) is 12.1. The summed E-state index contributed by atoms with van der Waals surface area (Å²) in [5, 5.41) is 9.71. The van der Waals surface area contributed by atoms with Gasteiger partial charge in [-0.2, -0.15) is 0 Å². The van der Waals surface area contributed by atoms with Crippen molar-refractivity contribution in [3.63, 3.8) is 0 Å². The van der Waals surface area contributed by atoms with Crippen LogP contribution in [0.5, 0.6) is 0 Å². The van der Waals surface area contributed by atoms with E-state index in [4.69, 9.17) is 0 Å². The minimum absolute atomic E-state index is 0.00855. The van der Waals surface area contributed by atoms with E-state index < -0.39 is 0 Å². The summed E-state index contributed by atoms with van der Waals surface area (Å²) in [7, 11) is 0. The van der Waals surface area contributed by atoms with Crippen molar-refractivity contribution in [3.05, 3.63) is 9.19 Å². The molecule has 0 fully saturated rings. The van der Waals surface area contributed by atoms with Crippen LogP contribution in [-0.2, 0) is 0 Å². The van der Waals surface area contributed by atoms with E-state index in [2.05, 4.69) is 20.8 Å². The Morgan fingerprint density at radius 3 is 2.24 bits per heavy atom. The summed E-state index contributed by atoms with van der Waals surface area (Å²) < 4.78 is 3.06. The van der Waals surface area contributed by atoms with E-state index in [0.717, 1.165) is 0 Å². The number of hydrogen-bond acceptors (Lipinski definition) is 1. The van der Waals surface area contributed by atoms with Gasteiger partial charge in [-0.15, -0.1) is 0 Å². The molecule has 1 N–H and O–H groups in total. The average Bonchev–Trinajstić information content (AvgIpc) is 2.31. The molecule has 0 radical (unpaired) electrons. The molecule has 0 amide bonds. The first-order valence-electron chi connectivity index (χ1n) is 7.13. The summed E-state index contributed by atoms with van der Waals surface area (Å²) in [6, 6.07) is 0. The van der Waals surface area contributed by atoms with Crippen LogP contribution >= 0.6 is 0 Å². The van der Waals surface area contributed by atoms with Gasteiger partial charge in [-0.3, -0.25) is 0 Å². The van der Waals surface area contributed by atoms with E-state index >= 15 is 0 Å². The number of aliphatic hydroxyl groups excluding tert-OH is 1. The summed E-state index contributed by atoms with van der Waals surface area (Å²) in [6.07, 6.45) is 9.04. The molecule has 0 aromatic rings. The molecule has 0 saturated heterocycles. The van der Waals surface area contributed by atoms with Gasteiger partial charge in [0.15, 0.2) is 0 Å². The Balaban J connectivity index is 4.16. The zero-order valence-corrected chi connectivity index (χ0v) is 14.4. The van der Waals surface area contributed by atoms with Crippen molar-refractivity contribution in [2.75, 3.05) is 0 Å². The molecule has 2 heteroatoms. The van der Waals surface area contributed by atoms with Crippen LogP contribution < -0.4 is 0 Å². The van der Waals surface area contributed by atoms with Gasteiger partial charge in [0.2, 0.25) is 0 Å². The molecule has 0 aliphatic heterocycles.